The van der Waals surface area contributed by atoms with Crippen LogP contribution in [0.3, 0.4) is 0 Å². The van der Waals surface area contributed by atoms with Gasteiger partial charge in [0.25, 0.3) is 0 Å². The van der Waals surface area contributed by atoms with Crippen molar-refractivity contribution in [3.05, 3.63) is 89.3 Å². The van der Waals surface area contributed by atoms with Gasteiger partial charge in [0.2, 0.25) is 0 Å². The molecule has 0 aromatic heterocycles. The van der Waals surface area contributed by atoms with Crippen LogP contribution < -0.4 is 4.74 Å². The highest BCUT2D eigenvalue weighted by molar-refractivity contribution is 5.86. The van der Waals surface area contributed by atoms with Crippen LogP contribution in [0.2, 0.25) is 0 Å². The first-order valence-electron chi connectivity index (χ1n) is 22.9. The van der Waals surface area contributed by atoms with Gasteiger partial charge in [-0.15, -0.1) is 0 Å². The minimum Gasteiger partial charge on any atom is -0.493 e. The first-order valence-corrected chi connectivity index (χ1v) is 22.9. The number of rotatable bonds is 22. The number of ether oxygens (including phenoxy) is 2. The number of hydrogen-bond acceptors (Lipinski definition) is 5. The number of benzene rings is 3. The van der Waals surface area contributed by atoms with Gasteiger partial charge in [0, 0.05) is 16.6 Å². The Kier molecular flexibility index (Phi) is 17.9. The van der Waals surface area contributed by atoms with E-state index in [1.165, 1.54) is 77.0 Å². The third kappa shape index (κ3) is 12.3. The molecule has 0 amide bonds. The Labute approximate surface area is 349 Å². The van der Waals surface area contributed by atoms with Crippen LogP contribution in [0.5, 0.6) is 5.75 Å². The largest absolute Gasteiger partial charge is 0.493 e. The summed E-state index contributed by atoms with van der Waals surface area (Å²) in [6.07, 6.45) is 20.3. The van der Waals surface area contributed by atoms with Gasteiger partial charge in [-0.25, -0.2) is 9.18 Å². The van der Waals surface area contributed by atoms with Crippen LogP contribution in [0.4, 0.5) is 4.39 Å². The Morgan fingerprint density at radius 1 is 0.759 bits per heavy atom. The number of carbonyl (C=O) groups is 1. The topological polar surface area (TPSA) is 76.0 Å². The van der Waals surface area contributed by atoms with E-state index in [1.807, 2.05) is 31.2 Å². The molecule has 2 N–H and O–H groups in total. The van der Waals surface area contributed by atoms with Crippen LogP contribution in [0.1, 0.15) is 153 Å². The summed E-state index contributed by atoms with van der Waals surface area (Å²) in [6, 6.07) is 18.5. The van der Waals surface area contributed by atoms with Crippen molar-refractivity contribution < 1.29 is 28.9 Å². The van der Waals surface area contributed by atoms with E-state index in [9.17, 15) is 15.0 Å². The van der Waals surface area contributed by atoms with Crippen molar-refractivity contribution in [2.45, 2.75) is 149 Å². The number of halogens is 1. The van der Waals surface area contributed by atoms with Crippen molar-refractivity contribution in [2.75, 3.05) is 26.4 Å². The average molecular weight is 797 g/mol. The lowest BCUT2D eigenvalue weighted by atomic mass is 9.68. The molecule has 2 aliphatic carbocycles. The molecule has 3 aromatic carbocycles. The first-order chi connectivity index (χ1) is 28.1. The molecule has 3 aromatic rings. The van der Waals surface area contributed by atoms with Gasteiger partial charge in [-0.1, -0.05) is 109 Å². The van der Waals surface area contributed by atoms with Crippen molar-refractivity contribution in [1.82, 2.24) is 0 Å². The number of aryl methyl sites for hydroxylation is 2. The minimum absolute atomic E-state index is 0.0919. The molecule has 2 aliphatic rings. The molecule has 6 heteroatoms. The van der Waals surface area contributed by atoms with Gasteiger partial charge in [0.1, 0.15) is 11.6 Å². The summed E-state index contributed by atoms with van der Waals surface area (Å²) in [5.41, 5.74) is 6.75. The SMILES string of the molecule is C=C(C)C(=O)OCCCc1cc(-c2ccc(-c3ccc(C4CCC(C5CCC(CCCCC)CC5)CC4)cc3F)cc2CC)ccc1OCCC(CO)(CO)CCC. The third-order valence-electron chi connectivity index (χ3n) is 13.7. The van der Waals surface area contributed by atoms with Gasteiger partial charge in [-0.3, -0.25) is 0 Å². The Hall–Kier alpha value is -3.48. The third-order valence-corrected chi connectivity index (χ3v) is 13.7. The lowest BCUT2D eigenvalue weighted by Crippen LogP contribution is -2.31. The Morgan fingerprint density at radius 2 is 1.41 bits per heavy atom. The molecule has 0 atom stereocenters. The highest BCUT2D eigenvalue weighted by atomic mass is 19.1. The van der Waals surface area contributed by atoms with Gasteiger partial charge < -0.3 is 19.7 Å². The molecule has 0 heterocycles. The van der Waals surface area contributed by atoms with Gasteiger partial charge in [-0.2, -0.15) is 0 Å². The molecular formula is C52H73FO5. The van der Waals surface area contributed by atoms with Crippen molar-refractivity contribution in [1.29, 1.82) is 0 Å². The highest BCUT2D eigenvalue weighted by Gasteiger charge is 2.32. The van der Waals surface area contributed by atoms with E-state index in [1.54, 1.807) is 6.92 Å². The molecule has 0 unspecified atom stereocenters. The van der Waals surface area contributed by atoms with Crippen molar-refractivity contribution in [3.8, 4) is 28.0 Å². The molecule has 0 aliphatic heterocycles. The number of hydrogen-bond donors (Lipinski definition) is 2. The van der Waals surface area contributed by atoms with Crippen LogP contribution in [-0.2, 0) is 22.4 Å². The zero-order valence-corrected chi connectivity index (χ0v) is 36.3. The van der Waals surface area contributed by atoms with Crippen molar-refractivity contribution >= 4 is 5.97 Å². The second-order valence-electron chi connectivity index (χ2n) is 17.9. The van der Waals surface area contributed by atoms with Gasteiger partial charge in [0.15, 0.2) is 0 Å². The monoisotopic (exact) mass is 797 g/mol. The second-order valence-corrected chi connectivity index (χ2v) is 17.9. The second kappa shape index (κ2) is 22.8. The van der Waals surface area contributed by atoms with Crippen molar-refractivity contribution in [2.24, 2.45) is 23.2 Å². The Balaban J connectivity index is 1.26. The van der Waals surface area contributed by atoms with Crippen molar-refractivity contribution in [3.63, 3.8) is 0 Å². The maximum Gasteiger partial charge on any atom is 0.333 e. The summed E-state index contributed by atoms with van der Waals surface area (Å²) in [4.78, 5) is 12.0. The Bertz CT molecular complexity index is 1740. The van der Waals surface area contributed by atoms with Gasteiger partial charge in [-0.05, 0) is 153 Å². The minimum atomic E-state index is -0.575. The predicted molar refractivity (Wildman–Crippen MR) is 237 cm³/mol. The molecule has 0 saturated heterocycles. The lowest BCUT2D eigenvalue weighted by Gasteiger charge is -2.38. The van der Waals surface area contributed by atoms with Crippen LogP contribution in [0.25, 0.3) is 22.3 Å². The summed E-state index contributed by atoms with van der Waals surface area (Å²) in [5.74, 6) is 3.36. The van der Waals surface area contributed by atoms with Gasteiger partial charge >= 0.3 is 5.97 Å². The fraction of sp³-hybridized carbons (Fsp3) is 0.596. The molecule has 5 rings (SSSR count). The van der Waals surface area contributed by atoms with Crippen LogP contribution in [0.15, 0.2) is 66.7 Å². The van der Waals surface area contributed by atoms with E-state index in [4.69, 9.17) is 9.47 Å². The number of carbonyl (C=O) groups excluding carboxylic acids is 1. The molecule has 0 bridgehead atoms. The van der Waals surface area contributed by atoms with Gasteiger partial charge in [0.05, 0.1) is 26.4 Å². The van der Waals surface area contributed by atoms with E-state index in [-0.39, 0.29) is 25.6 Å². The van der Waals surface area contributed by atoms with Crippen LogP contribution >= 0.6 is 0 Å². The van der Waals surface area contributed by atoms with E-state index in [0.29, 0.717) is 49.3 Å². The molecule has 5 nitrogen and oxygen atoms in total. The summed E-state index contributed by atoms with van der Waals surface area (Å²) in [5, 5.41) is 20.1. The summed E-state index contributed by atoms with van der Waals surface area (Å²) in [6.45, 7) is 12.2. The Morgan fingerprint density at radius 3 is 2.05 bits per heavy atom. The van der Waals surface area contributed by atoms with E-state index in [2.05, 4.69) is 50.8 Å². The highest BCUT2D eigenvalue weighted by Crippen LogP contribution is 2.45. The molecule has 2 fully saturated rings. The molecule has 2 saturated carbocycles. The molecule has 318 valence electrons. The number of esters is 1. The molecular weight excluding hydrogens is 724 g/mol. The lowest BCUT2D eigenvalue weighted by molar-refractivity contribution is -0.139. The van der Waals surface area contributed by atoms with Crippen LogP contribution in [-0.4, -0.2) is 42.6 Å². The maximum absolute atomic E-state index is 16.0. The standard InChI is InChI=1S/C52H73FO5/c1-6-9-10-12-38-14-16-40(17-15-38)41-18-20-42(21-19-41)43-22-26-48(49(53)34-43)45-23-25-47(39(8-3)32-45)44-24-27-50(57-31-29-52(35-54,36-55)28-7-2)46(33-44)13-11-30-58-51(56)37(4)5/h22-27,32-34,38,40-42,54-55H,4,6-21,28-31,35-36H2,1-3,5H3. The fourth-order valence-electron chi connectivity index (χ4n) is 9.94. The predicted octanol–water partition coefficient (Wildman–Crippen LogP) is 13.0. The number of aliphatic hydroxyl groups is 2. The smallest absolute Gasteiger partial charge is 0.333 e. The first kappa shape index (κ1) is 45.6. The number of aliphatic hydroxyl groups excluding tert-OH is 2. The number of unbranched alkanes of at least 4 members (excludes halogenated alkanes) is 2. The fourth-order valence-corrected chi connectivity index (χ4v) is 9.94. The molecule has 58 heavy (non-hydrogen) atoms. The van der Waals surface area contributed by atoms with E-state index in [0.717, 1.165) is 69.7 Å². The maximum atomic E-state index is 16.0. The summed E-state index contributed by atoms with van der Waals surface area (Å²) < 4.78 is 27.7. The van der Waals surface area contributed by atoms with Crippen LogP contribution in [0, 0.1) is 29.0 Å². The van der Waals surface area contributed by atoms with E-state index >= 15 is 4.39 Å². The molecule has 0 spiro atoms. The zero-order chi connectivity index (χ0) is 41.5. The van der Waals surface area contributed by atoms with E-state index < -0.39 is 11.4 Å². The normalized spacial score (nSPS) is 19.8. The average Bonchev–Trinajstić information content (AvgIpc) is 3.25. The quantitative estimate of drug-likeness (QED) is 0.0602. The zero-order valence-electron chi connectivity index (χ0n) is 36.3. The summed E-state index contributed by atoms with van der Waals surface area (Å²) in [7, 11) is 0. The molecule has 0 radical (unpaired) electrons. The summed E-state index contributed by atoms with van der Waals surface area (Å²) >= 11 is 0.